The van der Waals surface area contributed by atoms with Crippen molar-refractivity contribution in [3.63, 3.8) is 0 Å². The smallest absolute Gasteiger partial charge is 0.157 e. The molecule has 0 radical (unpaired) electrons. The molecule has 4 heteroatoms. The first-order valence-corrected chi connectivity index (χ1v) is 8.92. The molecule has 2 aliphatic heterocycles. The van der Waals surface area contributed by atoms with Gasteiger partial charge >= 0.3 is 0 Å². The van der Waals surface area contributed by atoms with Crippen LogP contribution in [0.1, 0.15) is 57.7 Å². The van der Waals surface area contributed by atoms with Crippen LogP contribution in [-0.4, -0.2) is 39.4 Å². The highest BCUT2D eigenvalue weighted by atomic mass is 16.3. The van der Waals surface area contributed by atoms with E-state index in [1.54, 1.807) is 12.1 Å². The maximum Gasteiger partial charge on any atom is 0.157 e. The average Bonchev–Trinajstić information content (AvgIpc) is 2.51. The molecule has 3 N–H and O–H groups in total. The first kappa shape index (κ1) is 18.1. The molecule has 0 aromatic heterocycles. The van der Waals surface area contributed by atoms with Crippen molar-refractivity contribution in [1.82, 2.24) is 4.90 Å². The third kappa shape index (κ3) is 3.81. The van der Waals surface area contributed by atoms with Gasteiger partial charge in [0.25, 0.3) is 0 Å². The molecular formula is C19H31NO3. The van der Waals surface area contributed by atoms with E-state index < -0.39 is 0 Å². The van der Waals surface area contributed by atoms with Gasteiger partial charge < -0.3 is 15.3 Å². The number of benzene rings is 1. The molecule has 4 nitrogen and oxygen atoms in total. The van der Waals surface area contributed by atoms with Gasteiger partial charge in [0, 0.05) is 19.1 Å². The molecule has 3 atom stereocenters. The summed E-state index contributed by atoms with van der Waals surface area (Å²) in [6.07, 6.45) is 2.38. The molecule has 1 aromatic rings. The fraction of sp³-hybridized carbons (Fsp3) is 0.684. The van der Waals surface area contributed by atoms with Crippen LogP contribution in [-0.2, 0) is 6.42 Å². The molecule has 2 heterocycles. The largest absolute Gasteiger partial charge is 0.504 e. The first-order chi connectivity index (χ1) is 11.0. The van der Waals surface area contributed by atoms with E-state index in [-0.39, 0.29) is 23.6 Å². The molecule has 0 aliphatic carbocycles. The van der Waals surface area contributed by atoms with Crippen LogP contribution in [0.4, 0.5) is 0 Å². The number of nitrogens with zero attached hydrogens (tertiary/aromatic N) is 1. The predicted octanol–water partition coefficient (Wildman–Crippen LogP) is 3.45. The predicted molar refractivity (Wildman–Crippen MR) is 92.7 cm³/mol. The third-order valence-corrected chi connectivity index (χ3v) is 4.96. The van der Waals surface area contributed by atoms with Crippen molar-refractivity contribution in [2.24, 2.45) is 11.8 Å². The van der Waals surface area contributed by atoms with Gasteiger partial charge in [0.05, 0.1) is 6.10 Å². The molecule has 2 unspecified atom stereocenters. The van der Waals surface area contributed by atoms with Crippen LogP contribution >= 0.6 is 0 Å². The Balaban J connectivity index is 0.000000924. The number of aliphatic hydroxyl groups is 1. The molecule has 1 aromatic carbocycles. The second-order valence-electron chi connectivity index (χ2n) is 6.99. The molecule has 0 spiro atoms. The van der Waals surface area contributed by atoms with Gasteiger partial charge in [-0.05, 0) is 54.4 Å². The lowest BCUT2D eigenvalue weighted by Crippen LogP contribution is -2.48. The molecular weight excluding hydrogens is 290 g/mol. The van der Waals surface area contributed by atoms with Crippen molar-refractivity contribution < 1.29 is 15.3 Å². The summed E-state index contributed by atoms with van der Waals surface area (Å²) in [6, 6.07) is 3.52. The Morgan fingerprint density at radius 1 is 1.17 bits per heavy atom. The van der Waals surface area contributed by atoms with Crippen LogP contribution in [0.25, 0.3) is 0 Å². The lowest BCUT2D eigenvalue weighted by Gasteiger charge is -2.46. The Kier molecular flexibility index (Phi) is 5.93. The third-order valence-electron chi connectivity index (χ3n) is 4.96. The normalized spacial score (nSPS) is 27.0. The van der Waals surface area contributed by atoms with E-state index in [1.807, 2.05) is 13.8 Å². The van der Waals surface area contributed by atoms with E-state index in [1.165, 1.54) is 0 Å². The van der Waals surface area contributed by atoms with Gasteiger partial charge in [-0.2, -0.15) is 0 Å². The molecule has 0 amide bonds. The van der Waals surface area contributed by atoms with Crippen LogP contribution in [0.5, 0.6) is 11.5 Å². The van der Waals surface area contributed by atoms with Gasteiger partial charge in [-0.25, -0.2) is 0 Å². The Morgan fingerprint density at radius 3 is 2.48 bits per heavy atom. The molecule has 2 aliphatic rings. The Morgan fingerprint density at radius 2 is 1.83 bits per heavy atom. The summed E-state index contributed by atoms with van der Waals surface area (Å²) >= 11 is 0. The zero-order valence-electron chi connectivity index (χ0n) is 14.8. The van der Waals surface area contributed by atoms with Crippen molar-refractivity contribution in [3.8, 4) is 11.5 Å². The summed E-state index contributed by atoms with van der Waals surface area (Å²) in [7, 11) is 0. The SMILES string of the molecule is CC.CC(C)C[C@H]1CN2CCc3cc(O)c(O)cc3C2CC1O. The van der Waals surface area contributed by atoms with Gasteiger partial charge in [0.15, 0.2) is 11.5 Å². The van der Waals surface area contributed by atoms with E-state index >= 15 is 0 Å². The highest BCUT2D eigenvalue weighted by molar-refractivity contribution is 5.48. The highest BCUT2D eigenvalue weighted by Gasteiger charge is 2.38. The van der Waals surface area contributed by atoms with E-state index in [0.717, 1.165) is 37.1 Å². The molecule has 1 fully saturated rings. The van der Waals surface area contributed by atoms with E-state index in [9.17, 15) is 15.3 Å². The van der Waals surface area contributed by atoms with Crippen molar-refractivity contribution in [1.29, 1.82) is 0 Å². The lowest BCUT2D eigenvalue weighted by atomic mass is 9.79. The summed E-state index contributed by atoms with van der Waals surface area (Å²) in [4.78, 5) is 2.43. The van der Waals surface area contributed by atoms with Gasteiger partial charge in [0.1, 0.15) is 0 Å². The Labute approximate surface area is 139 Å². The minimum Gasteiger partial charge on any atom is -0.504 e. The quantitative estimate of drug-likeness (QED) is 0.730. The second kappa shape index (κ2) is 7.54. The van der Waals surface area contributed by atoms with Gasteiger partial charge in [0.2, 0.25) is 0 Å². The van der Waals surface area contributed by atoms with Crippen molar-refractivity contribution in [2.75, 3.05) is 13.1 Å². The van der Waals surface area contributed by atoms with E-state index in [4.69, 9.17) is 0 Å². The minimum absolute atomic E-state index is 0.0451. The van der Waals surface area contributed by atoms with Crippen LogP contribution in [0.2, 0.25) is 0 Å². The highest BCUT2D eigenvalue weighted by Crippen LogP contribution is 2.42. The summed E-state index contributed by atoms with van der Waals surface area (Å²) in [6.45, 7) is 10.3. The summed E-state index contributed by atoms with van der Waals surface area (Å²) in [5.74, 6) is 0.832. The maximum absolute atomic E-state index is 10.5. The summed E-state index contributed by atoms with van der Waals surface area (Å²) in [5.41, 5.74) is 2.17. The van der Waals surface area contributed by atoms with Gasteiger partial charge in [-0.1, -0.05) is 27.7 Å². The lowest BCUT2D eigenvalue weighted by molar-refractivity contribution is -0.0191. The number of hydrogen-bond donors (Lipinski definition) is 3. The van der Waals surface area contributed by atoms with Crippen molar-refractivity contribution in [2.45, 2.75) is 59.1 Å². The number of phenols is 2. The van der Waals surface area contributed by atoms with E-state index in [2.05, 4.69) is 18.7 Å². The average molecular weight is 321 g/mol. The molecule has 3 rings (SSSR count). The van der Waals surface area contributed by atoms with Gasteiger partial charge in [-0.3, -0.25) is 4.90 Å². The number of hydrogen-bond acceptors (Lipinski definition) is 4. The van der Waals surface area contributed by atoms with Crippen LogP contribution in [0.15, 0.2) is 12.1 Å². The van der Waals surface area contributed by atoms with Crippen molar-refractivity contribution >= 4 is 0 Å². The maximum atomic E-state index is 10.5. The summed E-state index contributed by atoms with van der Waals surface area (Å²) in [5, 5.41) is 29.9. The van der Waals surface area contributed by atoms with Crippen LogP contribution < -0.4 is 0 Å². The number of aliphatic hydroxyl groups excluding tert-OH is 1. The van der Waals surface area contributed by atoms with Crippen molar-refractivity contribution in [3.05, 3.63) is 23.3 Å². The molecule has 130 valence electrons. The fourth-order valence-corrected chi connectivity index (χ4v) is 3.96. The molecule has 1 saturated heterocycles. The zero-order valence-corrected chi connectivity index (χ0v) is 14.8. The second-order valence-corrected chi connectivity index (χ2v) is 6.99. The van der Waals surface area contributed by atoms with E-state index in [0.29, 0.717) is 18.3 Å². The first-order valence-electron chi connectivity index (χ1n) is 8.92. The number of fused-ring (bicyclic) bond motifs is 3. The fourth-order valence-electron chi connectivity index (χ4n) is 3.96. The number of rotatable bonds is 2. The van der Waals surface area contributed by atoms with Crippen LogP contribution in [0.3, 0.4) is 0 Å². The monoisotopic (exact) mass is 321 g/mol. The Hall–Kier alpha value is -1.26. The van der Waals surface area contributed by atoms with Crippen LogP contribution in [0, 0.1) is 11.8 Å². The molecule has 0 saturated carbocycles. The standard InChI is InChI=1S/C17H25NO3.C2H6/c1-10(2)5-12-9-18-4-3-11-6-16(20)17(21)7-13(11)14(18)8-15(12)19;1-2/h6-7,10,12,14-15,19-21H,3-5,8-9H2,1-2H3;1-2H3/t12-,14?,15?;/m0./s1. The zero-order chi connectivity index (χ0) is 17.1. The summed E-state index contributed by atoms with van der Waals surface area (Å²) < 4.78 is 0. The minimum atomic E-state index is -0.282. The van der Waals surface area contributed by atoms with Gasteiger partial charge in [-0.15, -0.1) is 0 Å². The molecule has 0 bridgehead atoms. The number of piperidine rings is 1. The topological polar surface area (TPSA) is 63.9 Å². The molecule has 23 heavy (non-hydrogen) atoms. The number of phenolic OH excluding ortho intramolecular Hbond substituents is 2. The Bertz CT molecular complexity index is 530. The number of aromatic hydroxyl groups is 2.